The number of nitrogens with one attached hydrogen (secondary N) is 1. The van der Waals surface area contributed by atoms with Crippen LogP contribution in [0.25, 0.3) is 0 Å². The van der Waals surface area contributed by atoms with Crippen molar-refractivity contribution < 1.29 is 4.74 Å². The monoisotopic (exact) mass is 256 g/mol. The summed E-state index contributed by atoms with van der Waals surface area (Å²) in [5, 5.41) is 3.42. The lowest BCUT2D eigenvalue weighted by atomic mass is 10.1. The van der Waals surface area contributed by atoms with Gasteiger partial charge in [-0.15, -0.1) is 0 Å². The summed E-state index contributed by atoms with van der Waals surface area (Å²) in [6.07, 6.45) is 1.83. The van der Waals surface area contributed by atoms with Gasteiger partial charge in [-0.2, -0.15) is 0 Å². The summed E-state index contributed by atoms with van der Waals surface area (Å²) in [7, 11) is 1.71. The number of methoxy groups -OCH3 is 1. The molecule has 0 saturated carbocycles. The summed E-state index contributed by atoms with van der Waals surface area (Å²) in [4.78, 5) is 4.38. The summed E-state index contributed by atoms with van der Waals surface area (Å²) in [6, 6.07) is 10.3. The molecule has 0 aliphatic carbocycles. The Hall–Kier alpha value is -1.87. The van der Waals surface area contributed by atoms with Crippen molar-refractivity contribution in [1.29, 1.82) is 0 Å². The Kier molecular flexibility index (Phi) is 4.53. The smallest absolute Gasteiger partial charge is 0.123 e. The van der Waals surface area contributed by atoms with Gasteiger partial charge in [0.25, 0.3) is 0 Å². The highest BCUT2D eigenvalue weighted by Crippen LogP contribution is 2.19. The standard InChI is InChI=1S/C16H20N2O/c1-12-6-7-16(19-3)14(9-12)10-17-11-15-13(2)5-4-8-18-15/h4-9,17H,10-11H2,1-3H3. The number of benzene rings is 1. The highest BCUT2D eigenvalue weighted by atomic mass is 16.5. The second kappa shape index (κ2) is 6.34. The van der Waals surface area contributed by atoms with Crippen molar-refractivity contribution in [3.63, 3.8) is 0 Å². The number of aromatic nitrogens is 1. The van der Waals surface area contributed by atoms with E-state index in [1.165, 1.54) is 16.7 Å². The van der Waals surface area contributed by atoms with Gasteiger partial charge in [0.2, 0.25) is 0 Å². The van der Waals surface area contributed by atoms with Crippen LogP contribution in [-0.2, 0) is 13.1 Å². The molecule has 0 spiro atoms. The van der Waals surface area contributed by atoms with E-state index in [0.29, 0.717) is 0 Å². The predicted octanol–water partition coefficient (Wildman–Crippen LogP) is 3.00. The molecule has 1 aromatic heterocycles. The van der Waals surface area contributed by atoms with Crippen LogP contribution in [0.2, 0.25) is 0 Å². The topological polar surface area (TPSA) is 34.1 Å². The normalized spacial score (nSPS) is 10.5. The number of pyridine rings is 1. The van der Waals surface area contributed by atoms with E-state index in [1.807, 2.05) is 18.3 Å². The van der Waals surface area contributed by atoms with E-state index in [-0.39, 0.29) is 0 Å². The molecule has 3 nitrogen and oxygen atoms in total. The molecule has 0 unspecified atom stereocenters. The molecule has 0 atom stereocenters. The van der Waals surface area contributed by atoms with Crippen molar-refractivity contribution in [1.82, 2.24) is 10.3 Å². The molecule has 1 aromatic carbocycles. The van der Waals surface area contributed by atoms with Crippen LogP contribution in [0, 0.1) is 13.8 Å². The molecule has 2 rings (SSSR count). The van der Waals surface area contributed by atoms with Gasteiger partial charge in [0, 0.05) is 24.8 Å². The summed E-state index contributed by atoms with van der Waals surface area (Å²) in [5.74, 6) is 0.927. The third-order valence-corrected chi connectivity index (χ3v) is 3.16. The molecule has 19 heavy (non-hydrogen) atoms. The third kappa shape index (κ3) is 3.55. The van der Waals surface area contributed by atoms with Gasteiger partial charge in [-0.05, 0) is 31.5 Å². The first-order valence-electron chi connectivity index (χ1n) is 6.45. The van der Waals surface area contributed by atoms with E-state index in [0.717, 1.165) is 24.5 Å². The van der Waals surface area contributed by atoms with E-state index in [9.17, 15) is 0 Å². The summed E-state index contributed by atoms with van der Waals surface area (Å²) in [5.41, 5.74) is 4.73. The minimum Gasteiger partial charge on any atom is -0.496 e. The molecule has 3 heteroatoms. The number of hydrogen-bond acceptors (Lipinski definition) is 3. The molecule has 0 saturated heterocycles. The average molecular weight is 256 g/mol. The van der Waals surface area contributed by atoms with Crippen LogP contribution in [0.4, 0.5) is 0 Å². The molecule has 0 aliphatic rings. The van der Waals surface area contributed by atoms with Crippen molar-refractivity contribution in [3.05, 3.63) is 58.9 Å². The first kappa shape index (κ1) is 13.6. The summed E-state index contributed by atoms with van der Waals surface area (Å²) in [6.45, 7) is 5.72. The third-order valence-electron chi connectivity index (χ3n) is 3.16. The minimum atomic E-state index is 0.768. The van der Waals surface area contributed by atoms with Crippen molar-refractivity contribution in [2.24, 2.45) is 0 Å². The molecule has 0 radical (unpaired) electrons. The van der Waals surface area contributed by atoms with Crippen molar-refractivity contribution in [2.75, 3.05) is 7.11 Å². The largest absolute Gasteiger partial charge is 0.496 e. The van der Waals surface area contributed by atoms with E-state index < -0.39 is 0 Å². The average Bonchev–Trinajstić information content (AvgIpc) is 2.41. The van der Waals surface area contributed by atoms with Gasteiger partial charge < -0.3 is 10.1 Å². The van der Waals surface area contributed by atoms with Gasteiger partial charge in [0.05, 0.1) is 12.8 Å². The maximum absolute atomic E-state index is 5.37. The lowest BCUT2D eigenvalue weighted by molar-refractivity contribution is 0.407. The number of aryl methyl sites for hydroxylation is 2. The van der Waals surface area contributed by atoms with Gasteiger partial charge in [-0.25, -0.2) is 0 Å². The van der Waals surface area contributed by atoms with E-state index >= 15 is 0 Å². The molecule has 0 amide bonds. The second-order valence-electron chi connectivity index (χ2n) is 4.69. The molecule has 100 valence electrons. The Morgan fingerprint density at radius 3 is 2.74 bits per heavy atom. The Labute approximate surface area is 114 Å². The van der Waals surface area contributed by atoms with Crippen molar-refractivity contribution >= 4 is 0 Å². The quantitative estimate of drug-likeness (QED) is 0.893. The molecule has 1 heterocycles. The van der Waals surface area contributed by atoms with Crippen LogP contribution < -0.4 is 10.1 Å². The lowest BCUT2D eigenvalue weighted by Gasteiger charge is -2.11. The Morgan fingerprint density at radius 1 is 1.16 bits per heavy atom. The SMILES string of the molecule is COc1ccc(C)cc1CNCc1ncccc1C. The maximum atomic E-state index is 5.37. The first-order chi connectivity index (χ1) is 9.20. The predicted molar refractivity (Wildman–Crippen MR) is 77.2 cm³/mol. The van der Waals surface area contributed by atoms with Gasteiger partial charge in [-0.1, -0.05) is 23.8 Å². The van der Waals surface area contributed by atoms with Gasteiger partial charge in [-0.3, -0.25) is 4.98 Å². The summed E-state index contributed by atoms with van der Waals surface area (Å²) < 4.78 is 5.37. The number of rotatable bonds is 5. The highest BCUT2D eigenvalue weighted by molar-refractivity contribution is 5.36. The fourth-order valence-corrected chi connectivity index (χ4v) is 2.06. The minimum absolute atomic E-state index is 0.768. The number of ether oxygens (including phenoxy) is 1. The molecule has 0 aliphatic heterocycles. The van der Waals surface area contributed by atoms with E-state index in [4.69, 9.17) is 4.74 Å². The fourth-order valence-electron chi connectivity index (χ4n) is 2.06. The van der Waals surface area contributed by atoms with E-state index in [1.54, 1.807) is 7.11 Å². The summed E-state index contributed by atoms with van der Waals surface area (Å²) >= 11 is 0. The molecule has 0 bridgehead atoms. The van der Waals surface area contributed by atoms with Crippen LogP contribution in [0.3, 0.4) is 0 Å². The Balaban J connectivity index is 2.00. The van der Waals surface area contributed by atoms with Crippen LogP contribution in [0.1, 0.15) is 22.4 Å². The van der Waals surface area contributed by atoms with Gasteiger partial charge in [0.15, 0.2) is 0 Å². The lowest BCUT2D eigenvalue weighted by Crippen LogP contribution is -2.15. The van der Waals surface area contributed by atoms with Crippen molar-refractivity contribution in [2.45, 2.75) is 26.9 Å². The molecule has 0 fully saturated rings. The van der Waals surface area contributed by atoms with Gasteiger partial charge >= 0.3 is 0 Å². The fraction of sp³-hybridized carbons (Fsp3) is 0.312. The van der Waals surface area contributed by atoms with Gasteiger partial charge in [0.1, 0.15) is 5.75 Å². The second-order valence-corrected chi connectivity index (χ2v) is 4.69. The zero-order valence-electron chi connectivity index (χ0n) is 11.7. The molecule has 1 N–H and O–H groups in total. The first-order valence-corrected chi connectivity index (χ1v) is 6.45. The maximum Gasteiger partial charge on any atom is 0.123 e. The van der Waals surface area contributed by atoms with Crippen LogP contribution in [0.15, 0.2) is 36.5 Å². The van der Waals surface area contributed by atoms with Crippen LogP contribution >= 0.6 is 0 Å². The molecular formula is C16H20N2O. The molecule has 2 aromatic rings. The van der Waals surface area contributed by atoms with Crippen molar-refractivity contribution in [3.8, 4) is 5.75 Å². The Bertz CT molecular complexity index is 552. The Morgan fingerprint density at radius 2 is 2.00 bits per heavy atom. The van der Waals surface area contributed by atoms with E-state index in [2.05, 4.69) is 42.3 Å². The van der Waals surface area contributed by atoms with Crippen LogP contribution in [0.5, 0.6) is 5.75 Å². The van der Waals surface area contributed by atoms with Crippen LogP contribution in [-0.4, -0.2) is 12.1 Å². The zero-order chi connectivity index (χ0) is 13.7. The highest BCUT2D eigenvalue weighted by Gasteiger charge is 2.04. The molecular weight excluding hydrogens is 236 g/mol. The zero-order valence-corrected chi connectivity index (χ0v) is 11.7. The number of nitrogens with zero attached hydrogens (tertiary/aromatic N) is 1. The number of hydrogen-bond donors (Lipinski definition) is 1.